The second-order valence-electron chi connectivity index (χ2n) is 4.09. The largest absolute Gasteiger partial charge is 0.375 e. The number of non-ortho nitro benzene ring substituents is 1. The van der Waals surface area contributed by atoms with E-state index < -0.39 is 10.7 Å². The molecule has 0 radical (unpaired) electrons. The van der Waals surface area contributed by atoms with Crippen LogP contribution in [-0.2, 0) is 0 Å². The third-order valence-electron chi connectivity index (χ3n) is 2.71. The van der Waals surface area contributed by atoms with E-state index in [2.05, 4.69) is 10.3 Å². The van der Waals surface area contributed by atoms with E-state index in [1.165, 1.54) is 23.5 Å². The van der Waals surface area contributed by atoms with Crippen LogP contribution in [0.2, 0.25) is 0 Å². The van der Waals surface area contributed by atoms with Crippen molar-refractivity contribution in [2.45, 2.75) is 19.9 Å². The van der Waals surface area contributed by atoms with Crippen molar-refractivity contribution >= 4 is 22.7 Å². The van der Waals surface area contributed by atoms with E-state index in [9.17, 15) is 14.5 Å². The van der Waals surface area contributed by atoms with Crippen LogP contribution in [0.25, 0.3) is 0 Å². The highest BCUT2D eigenvalue weighted by atomic mass is 32.1. The maximum atomic E-state index is 13.7. The fourth-order valence-electron chi connectivity index (χ4n) is 1.76. The number of benzene rings is 1. The maximum Gasteiger partial charge on any atom is 0.272 e. The Morgan fingerprint density at radius 3 is 2.79 bits per heavy atom. The molecule has 100 valence electrons. The molecule has 0 amide bonds. The number of nitro groups is 1. The second kappa shape index (κ2) is 5.31. The molecule has 1 N–H and O–H groups in total. The number of aryl methyl sites for hydroxylation is 1. The Morgan fingerprint density at radius 1 is 1.53 bits per heavy atom. The Labute approximate surface area is 113 Å². The quantitative estimate of drug-likeness (QED) is 0.685. The van der Waals surface area contributed by atoms with Crippen LogP contribution in [0.5, 0.6) is 0 Å². The molecule has 19 heavy (non-hydrogen) atoms. The smallest absolute Gasteiger partial charge is 0.272 e. The Morgan fingerprint density at radius 2 is 2.26 bits per heavy atom. The molecule has 1 heterocycles. The number of rotatable bonds is 4. The summed E-state index contributed by atoms with van der Waals surface area (Å²) in [6.45, 7) is 3.78. The van der Waals surface area contributed by atoms with Gasteiger partial charge < -0.3 is 5.32 Å². The van der Waals surface area contributed by atoms with Crippen molar-refractivity contribution in [2.75, 3.05) is 5.32 Å². The molecular formula is C12H12FN3O2S. The summed E-state index contributed by atoms with van der Waals surface area (Å²) in [5, 5.41) is 13.5. The third kappa shape index (κ3) is 2.87. The molecule has 2 aromatic rings. The number of hydrogen-bond acceptors (Lipinski definition) is 5. The van der Waals surface area contributed by atoms with Gasteiger partial charge in [0.1, 0.15) is 0 Å². The summed E-state index contributed by atoms with van der Waals surface area (Å²) in [7, 11) is 0. The number of aromatic nitrogens is 1. The van der Waals surface area contributed by atoms with Gasteiger partial charge in [0.15, 0.2) is 5.82 Å². The highest BCUT2D eigenvalue weighted by molar-refractivity contribution is 7.09. The second-order valence-corrected chi connectivity index (χ2v) is 4.98. The van der Waals surface area contributed by atoms with E-state index in [-0.39, 0.29) is 17.4 Å². The standard InChI is InChI=1S/C12H12FN3O2S/c1-7-12(19-6-14-7)8(2)15-11-4-3-9(16(17)18)5-10(11)13/h3-6,8,15H,1-2H3. The molecule has 1 aromatic carbocycles. The van der Waals surface area contributed by atoms with Crippen LogP contribution in [0.1, 0.15) is 23.5 Å². The average molecular weight is 281 g/mol. The molecule has 0 saturated carbocycles. The number of thiazole rings is 1. The molecule has 0 aliphatic rings. The Kier molecular flexibility index (Phi) is 3.75. The van der Waals surface area contributed by atoms with E-state index in [0.29, 0.717) is 0 Å². The molecular weight excluding hydrogens is 269 g/mol. The maximum absolute atomic E-state index is 13.7. The molecule has 1 atom stereocenters. The van der Waals surface area contributed by atoms with Gasteiger partial charge >= 0.3 is 0 Å². The van der Waals surface area contributed by atoms with E-state index in [0.717, 1.165) is 16.6 Å². The van der Waals surface area contributed by atoms with E-state index in [1.807, 2.05) is 13.8 Å². The molecule has 2 rings (SSSR count). The lowest BCUT2D eigenvalue weighted by atomic mass is 10.2. The van der Waals surface area contributed by atoms with E-state index in [4.69, 9.17) is 0 Å². The number of anilines is 1. The lowest BCUT2D eigenvalue weighted by Crippen LogP contribution is -2.08. The molecule has 5 nitrogen and oxygen atoms in total. The van der Waals surface area contributed by atoms with Gasteiger partial charge in [-0.3, -0.25) is 10.1 Å². The zero-order chi connectivity index (χ0) is 14.0. The van der Waals surface area contributed by atoms with E-state index >= 15 is 0 Å². The number of halogens is 1. The average Bonchev–Trinajstić information content (AvgIpc) is 2.77. The summed E-state index contributed by atoms with van der Waals surface area (Å²) in [5.41, 5.74) is 2.61. The third-order valence-corrected chi connectivity index (χ3v) is 3.83. The topological polar surface area (TPSA) is 68.1 Å². The minimum atomic E-state index is -0.636. The summed E-state index contributed by atoms with van der Waals surface area (Å²) in [6, 6.07) is 3.45. The summed E-state index contributed by atoms with van der Waals surface area (Å²) >= 11 is 1.49. The number of nitrogens with zero attached hydrogens (tertiary/aromatic N) is 2. The summed E-state index contributed by atoms with van der Waals surface area (Å²) in [6.07, 6.45) is 0. The first kappa shape index (κ1) is 13.4. The molecule has 0 aliphatic carbocycles. The first-order valence-corrected chi connectivity index (χ1v) is 6.47. The Bertz CT molecular complexity index is 615. The minimum Gasteiger partial charge on any atom is -0.375 e. The predicted molar refractivity (Wildman–Crippen MR) is 71.9 cm³/mol. The van der Waals surface area contributed by atoms with Gasteiger partial charge in [-0.05, 0) is 19.9 Å². The van der Waals surface area contributed by atoms with Crippen LogP contribution in [0.15, 0.2) is 23.7 Å². The molecule has 7 heteroatoms. The van der Waals surface area contributed by atoms with E-state index in [1.54, 1.807) is 5.51 Å². The number of hydrogen-bond donors (Lipinski definition) is 1. The SMILES string of the molecule is Cc1ncsc1C(C)Nc1ccc([N+](=O)[O-])cc1F. The number of nitrogens with one attached hydrogen (secondary N) is 1. The summed E-state index contributed by atoms with van der Waals surface area (Å²) < 4.78 is 13.7. The highest BCUT2D eigenvalue weighted by Gasteiger charge is 2.15. The van der Waals surface area contributed by atoms with Crippen LogP contribution in [0.3, 0.4) is 0 Å². The van der Waals surface area contributed by atoms with Gasteiger partial charge in [-0.2, -0.15) is 0 Å². The lowest BCUT2D eigenvalue weighted by molar-refractivity contribution is -0.385. The summed E-state index contributed by atoms with van der Waals surface area (Å²) in [5.74, 6) is -0.636. The zero-order valence-electron chi connectivity index (χ0n) is 10.4. The van der Waals surface area contributed by atoms with Crippen molar-refractivity contribution in [3.8, 4) is 0 Å². The van der Waals surface area contributed by atoms with Crippen molar-refractivity contribution < 1.29 is 9.31 Å². The monoisotopic (exact) mass is 281 g/mol. The lowest BCUT2D eigenvalue weighted by Gasteiger charge is -2.14. The fraction of sp³-hybridized carbons (Fsp3) is 0.250. The molecule has 1 unspecified atom stereocenters. The molecule has 0 bridgehead atoms. The van der Waals surface area contributed by atoms with Crippen molar-refractivity contribution in [2.24, 2.45) is 0 Å². The van der Waals surface area contributed by atoms with Crippen LogP contribution < -0.4 is 5.32 Å². The Hall–Kier alpha value is -2.02. The van der Waals surface area contributed by atoms with Crippen LogP contribution >= 0.6 is 11.3 Å². The van der Waals surface area contributed by atoms with Gasteiger partial charge in [0, 0.05) is 10.9 Å². The molecule has 0 aliphatic heterocycles. The van der Waals surface area contributed by atoms with Gasteiger partial charge in [0.05, 0.1) is 33.9 Å². The van der Waals surface area contributed by atoms with Gasteiger partial charge in [-0.15, -0.1) is 11.3 Å². The highest BCUT2D eigenvalue weighted by Crippen LogP contribution is 2.27. The normalized spacial score (nSPS) is 12.2. The van der Waals surface area contributed by atoms with Crippen molar-refractivity contribution in [1.29, 1.82) is 0 Å². The number of nitro benzene ring substituents is 1. The van der Waals surface area contributed by atoms with Gasteiger partial charge in [-0.25, -0.2) is 9.37 Å². The molecule has 0 fully saturated rings. The van der Waals surface area contributed by atoms with Crippen molar-refractivity contribution in [1.82, 2.24) is 4.98 Å². The van der Waals surface area contributed by atoms with Gasteiger partial charge in [0.25, 0.3) is 5.69 Å². The first-order valence-electron chi connectivity index (χ1n) is 5.59. The molecule has 0 saturated heterocycles. The molecule has 1 aromatic heterocycles. The van der Waals surface area contributed by atoms with Crippen LogP contribution in [-0.4, -0.2) is 9.91 Å². The van der Waals surface area contributed by atoms with Crippen LogP contribution in [0.4, 0.5) is 15.8 Å². The Balaban J connectivity index is 2.20. The minimum absolute atomic E-state index is 0.108. The fourth-order valence-corrected chi connectivity index (χ4v) is 2.57. The van der Waals surface area contributed by atoms with Crippen LogP contribution in [0, 0.1) is 22.9 Å². The zero-order valence-corrected chi connectivity index (χ0v) is 11.2. The van der Waals surface area contributed by atoms with Gasteiger partial charge in [0.2, 0.25) is 0 Å². The first-order chi connectivity index (χ1) is 8.99. The summed E-state index contributed by atoms with van der Waals surface area (Å²) in [4.78, 5) is 15.1. The van der Waals surface area contributed by atoms with Gasteiger partial charge in [-0.1, -0.05) is 0 Å². The van der Waals surface area contributed by atoms with Crippen molar-refractivity contribution in [3.63, 3.8) is 0 Å². The van der Waals surface area contributed by atoms with Crippen molar-refractivity contribution in [3.05, 3.63) is 50.2 Å². The molecule has 0 spiro atoms. The predicted octanol–water partition coefficient (Wildman–Crippen LogP) is 3.67.